The molecule has 0 aromatic carbocycles. The minimum absolute atomic E-state index is 0.505. The molecule has 3 heterocycles. The van der Waals surface area contributed by atoms with Gasteiger partial charge in [-0.15, -0.1) is 0 Å². The Morgan fingerprint density at radius 3 is 2.83 bits per heavy atom. The first-order valence-electron chi connectivity index (χ1n) is 8.56. The number of rotatable bonds is 6. The summed E-state index contributed by atoms with van der Waals surface area (Å²) < 4.78 is 7.37. The highest BCUT2D eigenvalue weighted by molar-refractivity contribution is 5.45. The third kappa shape index (κ3) is 3.08. The Bertz CT molecular complexity index is 698. The van der Waals surface area contributed by atoms with Crippen LogP contribution in [0.3, 0.4) is 0 Å². The van der Waals surface area contributed by atoms with E-state index in [1.54, 1.807) is 13.4 Å². The maximum Gasteiger partial charge on any atom is 0.218 e. The second-order valence-electron chi connectivity index (χ2n) is 6.73. The molecule has 128 valence electrons. The van der Waals surface area contributed by atoms with Crippen molar-refractivity contribution in [3.8, 4) is 5.88 Å². The molecule has 2 aromatic rings. The highest BCUT2D eigenvalue weighted by Gasteiger charge is 2.38. The fourth-order valence-corrected chi connectivity index (χ4v) is 3.56. The van der Waals surface area contributed by atoms with Gasteiger partial charge in [0.2, 0.25) is 5.88 Å². The van der Waals surface area contributed by atoms with E-state index in [-0.39, 0.29) is 0 Å². The van der Waals surface area contributed by atoms with Crippen molar-refractivity contribution in [3.05, 3.63) is 30.6 Å². The third-order valence-corrected chi connectivity index (χ3v) is 4.98. The molecule has 1 saturated heterocycles. The first-order valence-corrected chi connectivity index (χ1v) is 8.56. The number of imidazole rings is 1. The molecule has 2 aliphatic rings. The Morgan fingerprint density at radius 1 is 1.25 bits per heavy atom. The van der Waals surface area contributed by atoms with Crippen LogP contribution >= 0.6 is 0 Å². The maximum absolute atomic E-state index is 5.27. The average molecular weight is 328 g/mol. The molecule has 1 aliphatic heterocycles. The van der Waals surface area contributed by atoms with Gasteiger partial charge >= 0.3 is 0 Å². The van der Waals surface area contributed by atoms with Crippen LogP contribution in [-0.2, 0) is 13.6 Å². The quantitative estimate of drug-likeness (QED) is 0.800. The van der Waals surface area contributed by atoms with Crippen LogP contribution in [0.5, 0.6) is 5.88 Å². The summed E-state index contributed by atoms with van der Waals surface area (Å²) in [5.41, 5.74) is 1.26. The van der Waals surface area contributed by atoms with Gasteiger partial charge in [-0.05, 0) is 19.3 Å². The molecule has 0 amide bonds. The maximum atomic E-state index is 5.27. The fourth-order valence-electron chi connectivity index (χ4n) is 3.56. The zero-order valence-corrected chi connectivity index (χ0v) is 14.3. The molecule has 1 unspecified atom stereocenters. The van der Waals surface area contributed by atoms with Gasteiger partial charge in [0.25, 0.3) is 0 Å². The summed E-state index contributed by atoms with van der Waals surface area (Å²) in [6.07, 6.45) is 9.11. The van der Waals surface area contributed by atoms with Crippen LogP contribution in [0.4, 0.5) is 5.82 Å². The summed E-state index contributed by atoms with van der Waals surface area (Å²) in [5, 5.41) is 0. The second kappa shape index (κ2) is 6.39. The van der Waals surface area contributed by atoms with Crippen LogP contribution in [0.2, 0.25) is 0 Å². The number of hydrogen-bond donors (Lipinski definition) is 0. The molecule has 7 heteroatoms. The van der Waals surface area contributed by atoms with E-state index in [4.69, 9.17) is 4.74 Å². The Morgan fingerprint density at radius 2 is 2.12 bits per heavy atom. The molecule has 4 rings (SSSR count). The number of hydrogen-bond acceptors (Lipinski definition) is 6. The van der Waals surface area contributed by atoms with Crippen LogP contribution in [-0.4, -0.2) is 56.7 Å². The average Bonchev–Trinajstić information content (AvgIpc) is 3.19. The number of aromatic nitrogens is 4. The van der Waals surface area contributed by atoms with E-state index in [0.29, 0.717) is 18.0 Å². The standard InChI is InChI=1S/C17H24N6O/c1-21-12-18-8-15(21)10-22-6-5-14(9-22)23(13-3-4-13)16-7-17(24-2)20-11-19-16/h7-8,11-14H,3-6,9-10H2,1-2H3. The number of ether oxygens (including phenoxy) is 1. The van der Waals surface area contributed by atoms with Gasteiger partial charge in [-0.3, -0.25) is 4.90 Å². The van der Waals surface area contributed by atoms with Crippen LogP contribution in [0.1, 0.15) is 25.0 Å². The van der Waals surface area contributed by atoms with Crippen molar-refractivity contribution in [1.29, 1.82) is 0 Å². The summed E-state index contributed by atoms with van der Waals surface area (Å²) in [5.74, 6) is 1.63. The van der Waals surface area contributed by atoms with Crippen molar-refractivity contribution in [2.75, 3.05) is 25.1 Å². The molecule has 1 atom stereocenters. The van der Waals surface area contributed by atoms with E-state index < -0.39 is 0 Å². The number of anilines is 1. The van der Waals surface area contributed by atoms with Crippen molar-refractivity contribution in [3.63, 3.8) is 0 Å². The molecule has 7 nitrogen and oxygen atoms in total. The molecule has 2 fully saturated rings. The van der Waals surface area contributed by atoms with E-state index >= 15 is 0 Å². The van der Waals surface area contributed by atoms with Crippen LogP contribution in [0.15, 0.2) is 24.9 Å². The van der Waals surface area contributed by atoms with Gasteiger partial charge in [0.1, 0.15) is 12.1 Å². The zero-order valence-electron chi connectivity index (χ0n) is 14.3. The smallest absolute Gasteiger partial charge is 0.218 e. The Labute approximate surface area is 142 Å². The molecular formula is C17H24N6O. The fraction of sp³-hybridized carbons (Fsp3) is 0.588. The van der Waals surface area contributed by atoms with Crippen LogP contribution in [0, 0.1) is 0 Å². The molecule has 0 spiro atoms. The van der Waals surface area contributed by atoms with Gasteiger partial charge in [0, 0.05) is 51.0 Å². The predicted molar refractivity (Wildman–Crippen MR) is 91.0 cm³/mol. The number of nitrogens with zero attached hydrogens (tertiary/aromatic N) is 6. The zero-order chi connectivity index (χ0) is 16.5. The van der Waals surface area contributed by atoms with Gasteiger partial charge in [-0.2, -0.15) is 0 Å². The van der Waals surface area contributed by atoms with Crippen molar-refractivity contribution in [1.82, 2.24) is 24.4 Å². The molecule has 1 saturated carbocycles. The SMILES string of the molecule is COc1cc(N(C2CC2)C2CCN(Cc3cncn3C)C2)ncn1. The van der Waals surface area contributed by atoms with E-state index in [1.807, 2.05) is 18.6 Å². The first kappa shape index (κ1) is 15.4. The Hall–Kier alpha value is -2.15. The van der Waals surface area contributed by atoms with Crippen molar-refractivity contribution in [2.45, 2.75) is 37.9 Å². The minimum Gasteiger partial charge on any atom is -0.481 e. The number of likely N-dealkylation sites (tertiary alicyclic amines) is 1. The van der Waals surface area contributed by atoms with Crippen LogP contribution in [0.25, 0.3) is 0 Å². The van der Waals surface area contributed by atoms with Crippen molar-refractivity contribution < 1.29 is 4.74 Å². The second-order valence-corrected chi connectivity index (χ2v) is 6.73. The third-order valence-electron chi connectivity index (χ3n) is 4.98. The minimum atomic E-state index is 0.505. The van der Waals surface area contributed by atoms with Crippen molar-refractivity contribution >= 4 is 5.82 Å². The summed E-state index contributed by atoms with van der Waals surface area (Å²) >= 11 is 0. The number of aryl methyl sites for hydroxylation is 1. The predicted octanol–water partition coefficient (Wildman–Crippen LogP) is 1.46. The Balaban J connectivity index is 1.48. The summed E-state index contributed by atoms with van der Waals surface area (Å²) in [4.78, 5) is 17.9. The molecule has 0 bridgehead atoms. The van der Waals surface area contributed by atoms with Gasteiger partial charge in [0.05, 0.1) is 19.1 Å². The molecular weight excluding hydrogens is 304 g/mol. The molecule has 2 aromatic heterocycles. The lowest BCUT2D eigenvalue weighted by atomic mass is 10.2. The molecule has 0 N–H and O–H groups in total. The lowest BCUT2D eigenvalue weighted by molar-refractivity contribution is 0.317. The molecule has 24 heavy (non-hydrogen) atoms. The van der Waals surface area contributed by atoms with E-state index in [9.17, 15) is 0 Å². The van der Waals surface area contributed by atoms with E-state index in [0.717, 1.165) is 25.5 Å². The van der Waals surface area contributed by atoms with Gasteiger partial charge in [-0.25, -0.2) is 15.0 Å². The summed E-state index contributed by atoms with van der Waals surface area (Å²) in [6, 6.07) is 3.08. The van der Waals surface area contributed by atoms with Gasteiger partial charge in [-0.1, -0.05) is 0 Å². The lowest BCUT2D eigenvalue weighted by Gasteiger charge is -2.30. The first-order chi connectivity index (χ1) is 11.7. The topological polar surface area (TPSA) is 59.3 Å². The molecule has 1 aliphatic carbocycles. The summed E-state index contributed by atoms with van der Waals surface area (Å²) in [7, 11) is 3.71. The van der Waals surface area contributed by atoms with Gasteiger partial charge < -0.3 is 14.2 Å². The monoisotopic (exact) mass is 328 g/mol. The normalized spacial score (nSPS) is 21.2. The highest BCUT2D eigenvalue weighted by Crippen LogP contribution is 2.35. The Kier molecular flexibility index (Phi) is 4.10. The summed E-state index contributed by atoms with van der Waals surface area (Å²) in [6.45, 7) is 3.13. The highest BCUT2D eigenvalue weighted by atomic mass is 16.5. The van der Waals surface area contributed by atoms with E-state index in [2.05, 4.69) is 36.4 Å². The lowest BCUT2D eigenvalue weighted by Crippen LogP contribution is -2.40. The number of methoxy groups -OCH3 is 1. The van der Waals surface area contributed by atoms with Crippen LogP contribution < -0.4 is 9.64 Å². The molecule has 0 radical (unpaired) electrons. The largest absolute Gasteiger partial charge is 0.481 e. The van der Waals surface area contributed by atoms with E-state index in [1.165, 1.54) is 25.0 Å². The van der Waals surface area contributed by atoms with Crippen molar-refractivity contribution in [2.24, 2.45) is 7.05 Å². The van der Waals surface area contributed by atoms with Gasteiger partial charge in [0.15, 0.2) is 0 Å².